The van der Waals surface area contributed by atoms with Crippen LogP contribution >= 0.6 is 0 Å². The molecule has 1 amide bonds. The first-order chi connectivity index (χ1) is 10.9. The van der Waals surface area contributed by atoms with Gasteiger partial charge >= 0.3 is 5.97 Å². The fourth-order valence-corrected chi connectivity index (χ4v) is 4.34. The van der Waals surface area contributed by atoms with Gasteiger partial charge in [-0.15, -0.1) is 0 Å². The van der Waals surface area contributed by atoms with Crippen LogP contribution in [0.5, 0.6) is 0 Å². The molecule has 1 aromatic rings. The minimum absolute atomic E-state index is 0.0298. The Morgan fingerprint density at radius 1 is 1.30 bits per heavy atom. The summed E-state index contributed by atoms with van der Waals surface area (Å²) in [5.74, 6) is -1.31. The van der Waals surface area contributed by atoms with Crippen LogP contribution in [-0.4, -0.2) is 55.2 Å². The molecule has 7 nitrogen and oxygen atoms in total. The molecule has 0 unspecified atom stereocenters. The molecule has 1 saturated carbocycles. The molecule has 2 fully saturated rings. The van der Waals surface area contributed by atoms with E-state index in [4.69, 9.17) is 5.11 Å². The van der Waals surface area contributed by atoms with E-state index in [2.05, 4.69) is 0 Å². The van der Waals surface area contributed by atoms with Crippen molar-refractivity contribution < 1.29 is 23.1 Å². The standard InChI is InChI=1S/C15H18N2O5S/c18-14(19)10-16(12-5-6-12)15(20)11-3-1-4-13(9-11)17-7-2-8-23(17,21)22/h1,3-4,9,12H,2,5-8,10H2,(H,18,19). The zero-order valence-electron chi connectivity index (χ0n) is 12.5. The molecule has 0 radical (unpaired) electrons. The van der Waals surface area contributed by atoms with E-state index in [1.165, 1.54) is 15.3 Å². The van der Waals surface area contributed by atoms with Crippen LogP contribution in [0.2, 0.25) is 0 Å². The second-order valence-corrected chi connectivity index (χ2v) is 7.86. The SMILES string of the molecule is O=C(O)CN(C(=O)c1cccc(N2CCCS2(=O)=O)c1)C1CC1. The molecule has 1 N–H and O–H groups in total. The lowest BCUT2D eigenvalue weighted by Crippen LogP contribution is -2.37. The number of benzene rings is 1. The van der Waals surface area contributed by atoms with Gasteiger partial charge in [-0.1, -0.05) is 6.07 Å². The maximum absolute atomic E-state index is 12.6. The van der Waals surface area contributed by atoms with E-state index in [1.54, 1.807) is 18.2 Å². The molecule has 1 heterocycles. The van der Waals surface area contributed by atoms with E-state index in [9.17, 15) is 18.0 Å². The monoisotopic (exact) mass is 338 g/mol. The van der Waals surface area contributed by atoms with E-state index in [0.717, 1.165) is 12.8 Å². The normalized spacial score (nSPS) is 19.6. The second-order valence-electron chi connectivity index (χ2n) is 5.85. The summed E-state index contributed by atoms with van der Waals surface area (Å²) in [6, 6.07) is 6.37. The molecular weight excluding hydrogens is 320 g/mol. The van der Waals surface area contributed by atoms with Crippen LogP contribution in [0.1, 0.15) is 29.6 Å². The summed E-state index contributed by atoms with van der Waals surface area (Å²) in [5.41, 5.74) is 0.775. The Kier molecular flexibility index (Phi) is 4.01. The lowest BCUT2D eigenvalue weighted by atomic mass is 10.1. The van der Waals surface area contributed by atoms with Crippen LogP contribution in [0.25, 0.3) is 0 Å². The van der Waals surface area contributed by atoms with Gasteiger partial charge in [0.1, 0.15) is 6.54 Å². The Labute approximate surface area is 134 Å². The lowest BCUT2D eigenvalue weighted by molar-refractivity contribution is -0.137. The molecule has 23 heavy (non-hydrogen) atoms. The van der Waals surface area contributed by atoms with Gasteiger partial charge in [-0.05, 0) is 37.5 Å². The van der Waals surface area contributed by atoms with Crippen LogP contribution in [0.4, 0.5) is 5.69 Å². The fourth-order valence-electron chi connectivity index (χ4n) is 2.79. The molecule has 3 rings (SSSR count). The molecule has 1 aromatic carbocycles. The van der Waals surface area contributed by atoms with Crippen LogP contribution in [-0.2, 0) is 14.8 Å². The lowest BCUT2D eigenvalue weighted by Gasteiger charge is -2.22. The van der Waals surface area contributed by atoms with Crippen molar-refractivity contribution in [3.8, 4) is 0 Å². The number of carbonyl (C=O) groups is 2. The van der Waals surface area contributed by atoms with E-state index in [0.29, 0.717) is 24.2 Å². The number of rotatable bonds is 5. The third kappa shape index (κ3) is 3.31. The van der Waals surface area contributed by atoms with Crippen molar-refractivity contribution >= 4 is 27.6 Å². The summed E-state index contributed by atoms with van der Waals surface area (Å²) < 4.78 is 25.3. The summed E-state index contributed by atoms with van der Waals surface area (Å²) in [7, 11) is -3.31. The Morgan fingerprint density at radius 2 is 2.04 bits per heavy atom. The summed E-state index contributed by atoms with van der Waals surface area (Å²) in [5, 5.41) is 8.97. The second kappa shape index (κ2) is 5.84. The highest BCUT2D eigenvalue weighted by atomic mass is 32.2. The highest BCUT2D eigenvalue weighted by Crippen LogP contribution is 2.30. The Hall–Kier alpha value is -2.09. The fraction of sp³-hybridized carbons (Fsp3) is 0.467. The number of aliphatic carboxylic acids is 1. The first kappa shape index (κ1) is 15.8. The topological polar surface area (TPSA) is 95.0 Å². The van der Waals surface area contributed by atoms with Gasteiger partial charge < -0.3 is 10.0 Å². The molecule has 0 spiro atoms. The van der Waals surface area contributed by atoms with Gasteiger partial charge in [0.2, 0.25) is 10.0 Å². The largest absolute Gasteiger partial charge is 0.480 e. The molecule has 0 aromatic heterocycles. The first-order valence-corrected chi connectivity index (χ1v) is 9.12. The predicted molar refractivity (Wildman–Crippen MR) is 83.9 cm³/mol. The van der Waals surface area contributed by atoms with Gasteiger partial charge in [0, 0.05) is 18.2 Å². The van der Waals surface area contributed by atoms with E-state index in [-0.39, 0.29) is 24.2 Å². The van der Waals surface area contributed by atoms with Crippen molar-refractivity contribution in [1.82, 2.24) is 4.90 Å². The maximum atomic E-state index is 12.6. The minimum Gasteiger partial charge on any atom is -0.480 e. The Morgan fingerprint density at radius 3 is 2.61 bits per heavy atom. The van der Waals surface area contributed by atoms with Crippen LogP contribution in [0.3, 0.4) is 0 Å². The minimum atomic E-state index is -3.31. The average molecular weight is 338 g/mol. The number of carboxylic acids is 1. The molecular formula is C15H18N2O5S. The van der Waals surface area contributed by atoms with Gasteiger partial charge in [-0.2, -0.15) is 0 Å². The highest BCUT2D eigenvalue weighted by Gasteiger charge is 2.35. The molecule has 124 valence electrons. The number of nitrogens with zero attached hydrogens (tertiary/aromatic N) is 2. The van der Waals surface area contributed by atoms with Crippen molar-refractivity contribution in [2.75, 3.05) is 23.1 Å². The van der Waals surface area contributed by atoms with E-state index < -0.39 is 16.0 Å². The Bertz CT molecular complexity index is 742. The summed E-state index contributed by atoms with van der Waals surface area (Å²) in [6.07, 6.45) is 2.17. The van der Waals surface area contributed by atoms with Gasteiger partial charge in [0.05, 0.1) is 11.4 Å². The molecule has 0 bridgehead atoms. The maximum Gasteiger partial charge on any atom is 0.323 e. The van der Waals surface area contributed by atoms with Crippen molar-refractivity contribution in [3.63, 3.8) is 0 Å². The van der Waals surface area contributed by atoms with Crippen molar-refractivity contribution in [2.45, 2.75) is 25.3 Å². The molecule has 2 aliphatic rings. The first-order valence-electron chi connectivity index (χ1n) is 7.52. The predicted octanol–water partition coefficient (Wildman–Crippen LogP) is 0.916. The van der Waals surface area contributed by atoms with Gasteiger partial charge in [-0.3, -0.25) is 13.9 Å². The van der Waals surface area contributed by atoms with Crippen LogP contribution in [0, 0.1) is 0 Å². The number of amides is 1. The third-order valence-corrected chi connectivity index (χ3v) is 5.90. The van der Waals surface area contributed by atoms with Gasteiger partial charge in [0.25, 0.3) is 5.91 Å². The molecule has 1 saturated heterocycles. The summed E-state index contributed by atoms with van der Waals surface area (Å²) >= 11 is 0. The average Bonchev–Trinajstić information content (AvgIpc) is 3.27. The van der Waals surface area contributed by atoms with Crippen molar-refractivity contribution in [2.24, 2.45) is 0 Å². The Balaban J connectivity index is 1.87. The summed E-state index contributed by atoms with van der Waals surface area (Å²) in [6.45, 7) is 0.0666. The van der Waals surface area contributed by atoms with E-state index in [1.807, 2.05) is 0 Å². The van der Waals surface area contributed by atoms with Crippen molar-refractivity contribution in [3.05, 3.63) is 29.8 Å². The quantitative estimate of drug-likeness (QED) is 0.861. The molecule has 0 atom stereocenters. The van der Waals surface area contributed by atoms with Crippen molar-refractivity contribution in [1.29, 1.82) is 0 Å². The smallest absolute Gasteiger partial charge is 0.323 e. The van der Waals surface area contributed by atoms with Crippen LogP contribution < -0.4 is 4.31 Å². The van der Waals surface area contributed by atoms with Crippen LogP contribution in [0.15, 0.2) is 24.3 Å². The molecule has 1 aliphatic heterocycles. The van der Waals surface area contributed by atoms with E-state index >= 15 is 0 Å². The third-order valence-electron chi connectivity index (χ3n) is 4.03. The number of hydrogen-bond acceptors (Lipinski definition) is 4. The van der Waals surface area contributed by atoms with Gasteiger partial charge in [0.15, 0.2) is 0 Å². The van der Waals surface area contributed by atoms with Gasteiger partial charge in [-0.25, -0.2) is 8.42 Å². The number of carboxylic acid groups (broad SMARTS) is 1. The number of anilines is 1. The molecule has 8 heteroatoms. The number of carbonyl (C=O) groups excluding carboxylic acids is 1. The summed E-state index contributed by atoms with van der Waals surface area (Å²) in [4.78, 5) is 24.9. The zero-order chi connectivity index (χ0) is 16.6. The number of sulfonamides is 1. The highest BCUT2D eigenvalue weighted by molar-refractivity contribution is 7.93. The zero-order valence-corrected chi connectivity index (χ0v) is 13.3. The number of hydrogen-bond donors (Lipinski definition) is 1. The molecule has 1 aliphatic carbocycles.